The van der Waals surface area contributed by atoms with Gasteiger partial charge in [-0.25, -0.2) is 0 Å². The fraction of sp³-hybridized carbons (Fsp3) is 0.214. The van der Waals surface area contributed by atoms with Gasteiger partial charge in [-0.1, -0.05) is 23.7 Å². The first-order valence-corrected chi connectivity index (χ1v) is 12.5. The molecule has 0 aliphatic carbocycles. The van der Waals surface area contributed by atoms with E-state index in [1.54, 1.807) is 71.6 Å². The van der Waals surface area contributed by atoms with Gasteiger partial charge in [0.15, 0.2) is 6.61 Å². The molecule has 0 radical (unpaired) electrons. The Bertz CT molecular complexity index is 1370. The highest BCUT2D eigenvalue weighted by Gasteiger charge is 2.36. The van der Waals surface area contributed by atoms with Crippen molar-refractivity contribution in [2.45, 2.75) is 12.8 Å². The molecule has 0 unspecified atom stereocenters. The number of nitrogens with one attached hydrogen (secondary N) is 1. The van der Waals surface area contributed by atoms with Crippen LogP contribution in [-0.4, -0.2) is 54.8 Å². The number of rotatable bonds is 9. The largest absolute Gasteiger partial charge is 0.494 e. The molecular formula is C28H24ClN3O6. The number of hydrogen-bond acceptors (Lipinski definition) is 6. The lowest BCUT2D eigenvalue weighted by Gasteiger charge is -2.30. The summed E-state index contributed by atoms with van der Waals surface area (Å²) in [4.78, 5) is 53.0. The van der Waals surface area contributed by atoms with Crippen LogP contribution >= 0.6 is 11.6 Å². The minimum atomic E-state index is -0.534. The number of ether oxygens (including phenoxy) is 2. The van der Waals surface area contributed by atoms with E-state index in [1.165, 1.54) is 0 Å². The third kappa shape index (κ3) is 5.33. The summed E-state index contributed by atoms with van der Waals surface area (Å²) in [6, 6.07) is 18.6. The summed E-state index contributed by atoms with van der Waals surface area (Å²) in [7, 11) is 0. The zero-order chi connectivity index (χ0) is 26.6. The Morgan fingerprint density at radius 1 is 0.921 bits per heavy atom. The van der Waals surface area contributed by atoms with Gasteiger partial charge >= 0.3 is 0 Å². The highest BCUT2D eigenvalue weighted by molar-refractivity contribution is 6.30. The second-order valence-corrected chi connectivity index (χ2v) is 9.25. The van der Waals surface area contributed by atoms with Crippen molar-refractivity contribution < 1.29 is 28.7 Å². The number of benzene rings is 3. The first-order valence-electron chi connectivity index (χ1n) is 12.1. The summed E-state index contributed by atoms with van der Waals surface area (Å²) in [5, 5.41) is 3.35. The maximum absolute atomic E-state index is 12.7. The summed E-state index contributed by atoms with van der Waals surface area (Å²) in [5.41, 5.74) is 1.52. The van der Waals surface area contributed by atoms with Crippen LogP contribution in [-0.2, 0) is 9.59 Å². The number of amides is 4. The molecule has 194 valence electrons. The number of nitrogens with zero attached hydrogens (tertiary/aromatic N) is 2. The highest BCUT2D eigenvalue weighted by atomic mass is 35.5. The second kappa shape index (κ2) is 10.9. The highest BCUT2D eigenvalue weighted by Crippen LogP contribution is 2.35. The number of imide groups is 1. The molecule has 0 spiro atoms. The van der Waals surface area contributed by atoms with Gasteiger partial charge in [0.1, 0.15) is 18.0 Å². The van der Waals surface area contributed by atoms with Crippen LogP contribution < -0.4 is 19.7 Å². The molecule has 0 saturated heterocycles. The lowest BCUT2D eigenvalue weighted by atomic mass is 10.1. The lowest BCUT2D eigenvalue weighted by Crippen LogP contribution is -2.39. The number of anilines is 2. The average molecular weight is 534 g/mol. The van der Waals surface area contributed by atoms with Crippen LogP contribution in [0, 0.1) is 0 Å². The molecule has 38 heavy (non-hydrogen) atoms. The summed E-state index contributed by atoms with van der Waals surface area (Å²) < 4.78 is 11.3. The van der Waals surface area contributed by atoms with Crippen LogP contribution in [0.4, 0.5) is 11.4 Å². The van der Waals surface area contributed by atoms with E-state index in [4.69, 9.17) is 21.1 Å². The third-order valence-corrected chi connectivity index (χ3v) is 6.48. The Morgan fingerprint density at radius 2 is 1.63 bits per heavy atom. The van der Waals surface area contributed by atoms with E-state index in [2.05, 4.69) is 5.32 Å². The van der Waals surface area contributed by atoms with Gasteiger partial charge in [-0.2, -0.15) is 0 Å². The third-order valence-electron chi connectivity index (χ3n) is 6.22. The van der Waals surface area contributed by atoms with E-state index >= 15 is 0 Å². The van der Waals surface area contributed by atoms with Gasteiger partial charge in [0, 0.05) is 17.3 Å². The summed E-state index contributed by atoms with van der Waals surface area (Å²) in [5.74, 6) is -0.476. The molecule has 2 heterocycles. The first-order chi connectivity index (χ1) is 18.4. The second-order valence-electron chi connectivity index (χ2n) is 8.82. The van der Waals surface area contributed by atoms with Crippen molar-refractivity contribution >= 4 is 46.6 Å². The molecule has 0 fully saturated rings. The Labute approximate surface area is 223 Å². The van der Waals surface area contributed by atoms with Crippen LogP contribution in [0.5, 0.6) is 11.5 Å². The fourth-order valence-corrected chi connectivity index (χ4v) is 4.47. The Balaban J connectivity index is 1.18. The molecule has 1 N–H and O–H groups in total. The van der Waals surface area contributed by atoms with Gasteiger partial charge in [0.05, 0.1) is 23.4 Å². The molecule has 2 aliphatic rings. The van der Waals surface area contributed by atoms with Crippen molar-refractivity contribution in [3.05, 3.63) is 82.9 Å². The molecule has 9 nitrogen and oxygen atoms in total. The van der Waals surface area contributed by atoms with E-state index in [0.29, 0.717) is 41.7 Å². The number of unbranched alkanes of at least 4 members (excludes halogenated alkanes) is 1. The van der Waals surface area contributed by atoms with Crippen molar-refractivity contribution in [2.24, 2.45) is 0 Å². The Kier molecular flexibility index (Phi) is 7.28. The van der Waals surface area contributed by atoms with E-state index in [-0.39, 0.29) is 23.6 Å². The minimum Gasteiger partial charge on any atom is -0.494 e. The van der Waals surface area contributed by atoms with Crippen LogP contribution in [0.1, 0.15) is 33.6 Å². The van der Waals surface area contributed by atoms with Crippen LogP contribution in [0.25, 0.3) is 0 Å². The smallest absolute Gasteiger partial charge is 0.265 e. The van der Waals surface area contributed by atoms with Gasteiger partial charge in [0.2, 0.25) is 5.91 Å². The molecule has 3 aromatic carbocycles. The van der Waals surface area contributed by atoms with E-state index in [0.717, 1.165) is 17.1 Å². The number of hydrogen-bond donors (Lipinski definition) is 1. The number of carbonyl (C=O) groups is 4. The number of halogens is 1. The maximum atomic E-state index is 12.7. The van der Waals surface area contributed by atoms with E-state index < -0.39 is 24.3 Å². The van der Waals surface area contributed by atoms with Crippen molar-refractivity contribution in [3.8, 4) is 11.5 Å². The molecule has 0 atom stereocenters. The van der Waals surface area contributed by atoms with Crippen molar-refractivity contribution in [1.29, 1.82) is 0 Å². The number of fused-ring (bicyclic) bond motifs is 2. The molecule has 2 aliphatic heterocycles. The quantitative estimate of drug-likeness (QED) is 0.327. The molecular weight excluding hydrogens is 510 g/mol. The first kappa shape index (κ1) is 25.3. The molecule has 0 aromatic heterocycles. The van der Waals surface area contributed by atoms with Gasteiger partial charge in [0.25, 0.3) is 17.7 Å². The lowest BCUT2D eigenvalue weighted by molar-refractivity contribution is -0.121. The van der Waals surface area contributed by atoms with E-state index in [1.807, 2.05) is 0 Å². The molecule has 4 amide bonds. The predicted molar refractivity (Wildman–Crippen MR) is 141 cm³/mol. The molecule has 5 rings (SSSR count). The molecule has 0 saturated carbocycles. The summed E-state index contributed by atoms with van der Waals surface area (Å²) in [6.07, 6.45) is 1.41. The van der Waals surface area contributed by atoms with Crippen molar-refractivity contribution in [2.75, 3.05) is 36.5 Å². The van der Waals surface area contributed by atoms with Crippen LogP contribution in [0.2, 0.25) is 5.02 Å². The fourth-order valence-electron chi connectivity index (χ4n) is 4.34. The predicted octanol–water partition coefficient (Wildman–Crippen LogP) is 4.16. The van der Waals surface area contributed by atoms with Gasteiger partial charge < -0.3 is 19.7 Å². The Hall–Kier alpha value is -4.37. The Morgan fingerprint density at radius 3 is 2.34 bits per heavy atom. The maximum Gasteiger partial charge on any atom is 0.265 e. The summed E-state index contributed by atoms with van der Waals surface area (Å²) in [6.45, 7) is 0.447. The van der Waals surface area contributed by atoms with Gasteiger partial charge in [-0.05, 0) is 67.4 Å². The SMILES string of the molecule is O=C(CN1C(=O)c2ccccc2C1=O)Nc1ccc2c(c1)N(CCCCOc1ccc(Cl)cc1)C(=O)CO2. The van der Waals surface area contributed by atoms with E-state index in [9.17, 15) is 19.2 Å². The van der Waals surface area contributed by atoms with Crippen molar-refractivity contribution in [3.63, 3.8) is 0 Å². The topological polar surface area (TPSA) is 105 Å². The standard InChI is InChI=1S/C28H24ClN3O6/c29-18-7-10-20(11-8-18)37-14-4-3-13-31-23-15-19(9-12-24(23)38-17-26(31)34)30-25(33)16-32-27(35)21-5-1-2-6-22(21)28(32)36/h1-2,5-12,15H,3-4,13-14,16-17H2,(H,30,33). The monoisotopic (exact) mass is 533 g/mol. The van der Waals surface area contributed by atoms with Crippen LogP contribution in [0.3, 0.4) is 0 Å². The van der Waals surface area contributed by atoms with Crippen molar-refractivity contribution in [1.82, 2.24) is 4.90 Å². The molecule has 3 aromatic rings. The molecule has 10 heteroatoms. The number of carbonyl (C=O) groups excluding carboxylic acids is 4. The molecule has 0 bridgehead atoms. The minimum absolute atomic E-state index is 0.0697. The van der Waals surface area contributed by atoms with Crippen LogP contribution in [0.15, 0.2) is 66.7 Å². The average Bonchev–Trinajstić information content (AvgIpc) is 3.15. The van der Waals surface area contributed by atoms with Gasteiger partial charge in [-0.3, -0.25) is 24.1 Å². The normalized spacial score (nSPS) is 14.2. The zero-order valence-electron chi connectivity index (χ0n) is 20.3. The zero-order valence-corrected chi connectivity index (χ0v) is 21.1. The summed E-state index contributed by atoms with van der Waals surface area (Å²) >= 11 is 5.89. The van der Waals surface area contributed by atoms with Gasteiger partial charge in [-0.15, -0.1) is 0 Å².